The van der Waals surface area contributed by atoms with Gasteiger partial charge in [0.25, 0.3) is 0 Å². The van der Waals surface area contributed by atoms with E-state index in [2.05, 4.69) is 51.4 Å². The number of nitrogens with zero attached hydrogens (tertiary/aromatic N) is 2. The van der Waals surface area contributed by atoms with Crippen LogP contribution in [0.1, 0.15) is 26.2 Å². The molecule has 1 atom stereocenters. The van der Waals surface area contributed by atoms with Crippen LogP contribution in [0.3, 0.4) is 0 Å². The highest BCUT2D eigenvalue weighted by Crippen LogP contribution is 2.35. The lowest BCUT2D eigenvalue weighted by molar-refractivity contribution is 0.0615. The Hall–Kier alpha value is -1.32. The van der Waals surface area contributed by atoms with E-state index in [0.29, 0.717) is 0 Å². The standard InChI is InChI=1S/C19H28IN5O/c1-3-19(5-8-25(2)9-6-19)12-26-15-4-7-23-18-17(15)13(10-16(20)22)14(11-21)24-18/h4,7,10-11,16H,3,5-6,8-9,12,21-22H2,1-2H3,(H,23,24)/b13-10+,14-11+. The molecule has 3 heterocycles. The molecule has 1 fully saturated rings. The van der Waals surface area contributed by atoms with Gasteiger partial charge < -0.3 is 26.1 Å². The van der Waals surface area contributed by atoms with Crippen molar-refractivity contribution in [3.8, 4) is 5.75 Å². The van der Waals surface area contributed by atoms with Gasteiger partial charge in [0.05, 0.1) is 21.4 Å². The summed E-state index contributed by atoms with van der Waals surface area (Å²) < 4.78 is 6.26. The molecule has 2 aromatic rings. The first-order chi connectivity index (χ1) is 12.5. The molecule has 0 aromatic carbocycles. The van der Waals surface area contributed by atoms with Gasteiger partial charge in [-0.05, 0) is 51.5 Å². The first kappa shape index (κ1) is 19.4. The van der Waals surface area contributed by atoms with Crippen LogP contribution in [0.4, 0.5) is 0 Å². The second kappa shape index (κ2) is 8.14. The summed E-state index contributed by atoms with van der Waals surface area (Å²) in [6.45, 7) is 5.24. The van der Waals surface area contributed by atoms with Crippen LogP contribution >= 0.6 is 22.6 Å². The van der Waals surface area contributed by atoms with Crippen LogP contribution < -0.4 is 26.8 Å². The molecule has 142 valence electrons. The maximum atomic E-state index is 6.37. The van der Waals surface area contributed by atoms with Gasteiger partial charge in [0.2, 0.25) is 0 Å². The number of fused-ring (bicyclic) bond motifs is 1. The van der Waals surface area contributed by atoms with E-state index in [4.69, 9.17) is 16.2 Å². The zero-order chi connectivity index (χ0) is 18.7. The largest absolute Gasteiger partial charge is 0.492 e. The first-order valence-corrected chi connectivity index (χ1v) is 10.3. The number of halogens is 1. The summed E-state index contributed by atoms with van der Waals surface area (Å²) in [6, 6.07) is 1.94. The van der Waals surface area contributed by atoms with Gasteiger partial charge in [-0.15, -0.1) is 0 Å². The first-order valence-electron chi connectivity index (χ1n) is 9.09. The fourth-order valence-electron chi connectivity index (χ4n) is 3.64. The fourth-order valence-corrected chi connectivity index (χ4v) is 4.00. The average molecular weight is 469 g/mol. The molecule has 1 aliphatic heterocycles. The van der Waals surface area contributed by atoms with Crippen LogP contribution in [0.25, 0.3) is 23.3 Å². The summed E-state index contributed by atoms with van der Waals surface area (Å²) in [4.78, 5) is 10.1. The zero-order valence-electron chi connectivity index (χ0n) is 15.5. The summed E-state index contributed by atoms with van der Waals surface area (Å²) in [5, 5.41) is 2.73. The van der Waals surface area contributed by atoms with E-state index in [1.54, 1.807) is 12.4 Å². The van der Waals surface area contributed by atoms with Gasteiger partial charge in [0, 0.05) is 23.0 Å². The molecule has 0 radical (unpaired) electrons. The normalized spacial score (nSPS) is 20.6. The quantitative estimate of drug-likeness (QED) is 0.349. The van der Waals surface area contributed by atoms with Crippen molar-refractivity contribution in [2.24, 2.45) is 16.9 Å². The van der Waals surface area contributed by atoms with E-state index in [-0.39, 0.29) is 9.46 Å². The molecule has 0 saturated carbocycles. The molecule has 2 aromatic heterocycles. The summed E-state index contributed by atoms with van der Waals surface area (Å²) >= 11 is 2.18. The lowest BCUT2D eigenvalue weighted by Gasteiger charge is -2.39. The fraction of sp³-hybridized carbons (Fsp3) is 0.526. The van der Waals surface area contributed by atoms with Crippen LogP contribution in [-0.2, 0) is 0 Å². The van der Waals surface area contributed by atoms with Gasteiger partial charge in [-0.2, -0.15) is 0 Å². The van der Waals surface area contributed by atoms with E-state index in [1.165, 1.54) is 12.8 Å². The van der Waals surface area contributed by atoms with Crippen molar-refractivity contribution >= 4 is 45.9 Å². The predicted octanol–water partition coefficient (Wildman–Crippen LogP) is 1.26. The maximum Gasteiger partial charge on any atom is 0.142 e. The minimum Gasteiger partial charge on any atom is -0.492 e. The van der Waals surface area contributed by atoms with Crippen LogP contribution in [-0.4, -0.2) is 45.7 Å². The highest BCUT2D eigenvalue weighted by atomic mass is 127. The number of piperidine rings is 1. The molecular weight excluding hydrogens is 441 g/mol. The Morgan fingerprint density at radius 1 is 1.46 bits per heavy atom. The Balaban J connectivity index is 1.97. The van der Waals surface area contributed by atoms with Crippen molar-refractivity contribution < 1.29 is 4.74 Å². The third-order valence-electron chi connectivity index (χ3n) is 5.55. The Morgan fingerprint density at radius 3 is 2.81 bits per heavy atom. The number of rotatable bonds is 5. The molecule has 0 aliphatic carbocycles. The van der Waals surface area contributed by atoms with Crippen molar-refractivity contribution in [3.63, 3.8) is 0 Å². The molecule has 26 heavy (non-hydrogen) atoms. The third-order valence-corrected chi connectivity index (χ3v) is 5.91. The molecule has 5 N–H and O–H groups in total. The highest BCUT2D eigenvalue weighted by Gasteiger charge is 2.33. The summed E-state index contributed by atoms with van der Waals surface area (Å²) in [5.41, 5.74) is 12.8. The van der Waals surface area contributed by atoms with Gasteiger partial charge in [-0.3, -0.25) is 0 Å². The van der Waals surface area contributed by atoms with Gasteiger partial charge in [-0.1, -0.05) is 29.5 Å². The van der Waals surface area contributed by atoms with Crippen molar-refractivity contribution in [1.82, 2.24) is 14.9 Å². The van der Waals surface area contributed by atoms with Crippen LogP contribution in [0, 0.1) is 5.41 Å². The molecule has 1 unspecified atom stereocenters. The Kier molecular flexibility index (Phi) is 6.09. The molecule has 7 heteroatoms. The topological polar surface area (TPSA) is 93.2 Å². The van der Waals surface area contributed by atoms with Crippen LogP contribution in [0.2, 0.25) is 0 Å². The second-order valence-corrected chi connectivity index (χ2v) is 8.65. The lowest BCUT2D eigenvalue weighted by Crippen LogP contribution is -2.41. The lowest BCUT2D eigenvalue weighted by atomic mass is 9.77. The van der Waals surface area contributed by atoms with Gasteiger partial charge in [0.1, 0.15) is 11.4 Å². The molecule has 3 rings (SSSR count). The number of nitrogens with one attached hydrogen (secondary N) is 1. The molecule has 0 spiro atoms. The average Bonchev–Trinajstić information content (AvgIpc) is 2.99. The van der Waals surface area contributed by atoms with Crippen molar-refractivity contribution in [2.45, 2.75) is 30.2 Å². The van der Waals surface area contributed by atoms with E-state index < -0.39 is 0 Å². The summed E-state index contributed by atoms with van der Waals surface area (Å²) in [7, 11) is 2.19. The number of H-pyrrole nitrogens is 1. The van der Waals surface area contributed by atoms with E-state index in [1.807, 2.05) is 12.1 Å². The number of hydrogen-bond acceptors (Lipinski definition) is 5. The SMILES string of the molecule is CCC1(COc2ccnc3[nH]c(=C/N)/c(=C\C(N)I)c23)CCN(C)CC1. The highest BCUT2D eigenvalue weighted by molar-refractivity contribution is 14.1. The number of nitrogens with two attached hydrogens (primary N) is 2. The molecular formula is C19H28IN5O. The number of ether oxygens (including phenoxy) is 1. The maximum absolute atomic E-state index is 6.37. The van der Waals surface area contributed by atoms with Crippen LogP contribution in [0.15, 0.2) is 12.3 Å². The monoisotopic (exact) mass is 469 g/mol. The third kappa shape index (κ3) is 3.99. The molecule has 1 aliphatic rings. The van der Waals surface area contributed by atoms with Gasteiger partial charge >= 0.3 is 0 Å². The minimum atomic E-state index is -0.116. The molecule has 0 bridgehead atoms. The van der Waals surface area contributed by atoms with Gasteiger partial charge in [0.15, 0.2) is 0 Å². The minimum absolute atomic E-state index is 0.116. The molecule has 1 saturated heterocycles. The van der Waals surface area contributed by atoms with E-state index >= 15 is 0 Å². The summed E-state index contributed by atoms with van der Waals surface area (Å²) in [5.74, 6) is 0.842. The molecule has 6 nitrogen and oxygen atoms in total. The van der Waals surface area contributed by atoms with E-state index in [9.17, 15) is 0 Å². The van der Waals surface area contributed by atoms with Crippen LogP contribution in [0.5, 0.6) is 5.75 Å². The zero-order valence-corrected chi connectivity index (χ0v) is 17.6. The number of likely N-dealkylation sites (tertiary alicyclic amines) is 1. The van der Waals surface area contributed by atoms with Crippen molar-refractivity contribution in [2.75, 3.05) is 26.7 Å². The Bertz CT molecular complexity index is 868. The molecule has 0 amide bonds. The Labute approximate surface area is 167 Å². The number of pyridine rings is 1. The predicted molar refractivity (Wildman–Crippen MR) is 115 cm³/mol. The number of aromatic amines is 1. The van der Waals surface area contributed by atoms with Crippen molar-refractivity contribution in [1.29, 1.82) is 0 Å². The Morgan fingerprint density at radius 2 is 2.19 bits per heavy atom. The van der Waals surface area contributed by atoms with Gasteiger partial charge in [-0.25, -0.2) is 4.98 Å². The smallest absolute Gasteiger partial charge is 0.142 e. The number of alkyl halides is 1. The van der Waals surface area contributed by atoms with Crippen molar-refractivity contribution in [3.05, 3.63) is 22.8 Å². The summed E-state index contributed by atoms with van der Waals surface area (Å²) in [6.07, 6.45) is 8.78. The van der Waals surface area contributed by atoms with E-state index in [0.717, 1.165) is 53.5 Å². The number of hydrogen-bond donors (Lipinski definition) is 3. The number of aromatic nitrogens is 2. The second-order valence-electron chi connectivity index (χ2n) is 7.21.